The number of benzene rings is 1. The smallest absolute Gasteiger partial charge is 0.118 e. The van der Waals surface area contributed by atoms with Gasteiger partial charge in [-0.25, -0.2) is 0 Å². The summed E-state index contributed by atoms with van der Waals surface area (Å²) in [6.07, 6.45) is 1.87. The van der Waals surface area contributed by atoms with E-state index in [0.717, 1.165) is 11.3 Å². The molecule has 2 atom stereocenters. The van der Waals surface area contributed by atoms with E-state index in [9.17, 15) is 0 Å². The molecule has 0 aliphatic carbocycles. The van der Waals surface area contributed by atoms with Crippen LogP contribution in [0.25, 0.3) is 0 Å². The van der Waals surface area contributed by atoms with Gasteiger partial charge < -0.3 is 10.5 Å². The third-order valence-electron chi connectivity index (χ3n) is 2.44. The first-order valence-corrected chi connectivity index (χ1v) is 4.71. The fraction of sp³-hybridized carbons (Fsp3) is 0.333. The SMILES string of the molecule is C=CC(C)C(N)c1ccc(OC)cc1. The van der Waals surface area contributed by atoms with Crippen molar-refractivity contribution in [1.82, 2.24) is 0 Å². The van der Waals surface area contributed by atoms with Crippen LogP contribution in [0, 0.1) is 5.92 Å². The molecule has 0 spiro atoms. The van der Waals surface area contributed by atoms with Crippen LogP contribution in [0.1, 0.15) is 18.5 Å². The third-order valence-corrected chi connectivity index (χ3v) is 2.44. The summed E-state index contributed by atoms with van der Waals surface area (Å²) in [5.41, 5.74) is 7.14. The van der Waals surface area contributed by atoms with Crippen molar-refractivity contribution >= 4 is 0 Å². The number of ether oxygens (including phenoxy) is 1. The van der Waals surface area contributed by atoms with E-state index in [1.807, 2.05) is 30.3 Å². The predicted molar refractivity (Wildman–Crippen MR) is 59.3 cm³/mol. The largest absolute Gasteiger partial charge is 0.497 e. The quantitative estimate of drug-likeness (QED) is 0.742. The molecule has 2 unspecified atom stereocenters. The van der Waals surface area contributed by atoms with Crippen LogP contribution in [-0.2, 0) is 0 Å². The molecule has 0 fully saturated rings. The molecule has 0 aromatic heterocycles. The second kappa shape index (κ2) is 4.82. The Kier molecular flexibility index (Phi) is 3.72. The summed E-state index contributed by atoms with van der Waals surface area (Å²) in [4.78, 5) is 0. The Labute approximate surface area is 85.4 Å². The van der Waals surface area contributed by atoms with Gasteiger partial charge >= 0.3 is 0 Å². The summed E-state index contributed by atoms with van der Waals surface area (Å²) < 4.78 is 5.07. The Morgan fingerprint density at radius 2 is 1.93 bits per heavy atom. The fourth-order valence-electron chi connectivity index (χ4n) is 1.28. The van der Waals surface area contributed by atoms with Crippen molar-refractivity contribution in [2.45, 2.75) is 13.0 Å². The van der Waals surface area contributed by atoms with Crippen molar-refractivity contribution in [3.05, 3.63) is 42.5 Å². The molecule has 2 N–H and O–H groups in total. The zero-order chi connectivity index (χ0) is 10.6. The highest BCUT2D eigenvalue weighted by atomic mass is 16.5. The molecular weight excluding hydrogens is 174 g/mol. The van der Waals surface area contributed by atoms with Crippen LogP contribution in [-0.4, -0.2) is 7.11 Å². The molecule has 76 valence electrons. The van der Waals surface area contributed by atoms with Gasteiger partial charge in [-0.2, -0.15) is 0 Å². The average Bonchev–Trinajstić information content (AvgIpc) is 2.27. The maximum Gasteiger partial charge on any atom is 0.118 e. The molecule has 1 aromatic rings. The lowest BCUT2D eigenvalue weighted by Crippen LogP contribution is -2.17. The van der Waals surface area contributed by atoms with E-state index in [1.165, 1.54) is 0 Å². The van der Waals surface area contributed by atoms with Crippen LogP contribution in [0.3, 0.4) is 0 Å². The molecule has 1 rings (SSSR count). The minimum absolute atomic E-state index is 0.0124. The van der Waals surface area contributed by atoms with E-state index in [2.05, 4.69) is 13.5 Å². The molecule has 14 heavy (non-hydrogen) atoms. The maximum absolute atomic E-state index is 6.03. The van der Waals surface area contributed by atoms with Crippen LogP contribution in [0.2, 0.25) is 0 Å². The standard InChI is InChI=1S/C12H17NO/c1-4-9(2)12(13)10-5-7-11(14-3)8-6-10/h4-9,12H,1,13H2,2-3H3. The van der Waals surface area contributed by atoms with Crippen LogP contribution in [0.15, 0.2) is 36.9 Å². The van der Waals surface area contributed by atoms with E-state index >= 15 is 0 Å². The van der Waals surface area contributed by atoms with Crippen molar-refractivity contribution in [3.8, 4) is 5.75 Å². The molecule has 0 amide bonds. The van der Waals surface area contributed by atoms with Crippen LogP contribution >= 0.6 is 0 Å². The Balaban J connectivity index is 2.80. The number of hydrogen-bond donors (Lipinski definition) is 1. The number of rotatable bonds is 4. The summed E-state index contributed by atoms with van der Waals surface area (Å²) in [5, 5.41) is 0. The van der Waals surface area contributed by atoms with Gasteiger partial charge in [-0.05, 0) is 23.6 Å². The van der Waals surface area contributed by atoms with Gasteiger partial charge in [-0.15, -0.1) is 6.58 Å². The van der Waals surface area contributed by atoms with Crippen molar-refractivity contribution in [1.29, 1.82) is 0 Å². The number of nitrogens with two attached hydrogens (primary N) is 1. The van der Waals surface area contributed by atoms with Gasteiger partial charge in [0, 0.05) is 6.04 Å². The highest BCUT2D eigenvalue weighted by Gasteiger charge is 2.11. The molecule has 0 aliphatic heterocycles. The van der Waals surface area contributed by atoms with Gasteiger partial charge in [0.2, 0.25) is 0 Å². The van der Waals surface area contributed by atoms with Crippen LogP contribution in [0.4, 0.5) is 0 Å². The minimum Gasteiger partial charge on any atom is -0.497 e. The van der Waals surface area contributed by atoms with Crippen molar-refractivity contribution in [2.75, 3.05) is 7.11 Å². The highest BCUT2D eigenvalue weighted by molar-refractivity contribution is 5.29. The minimum atomic E-state index is 0.0124. The first kappa shape index (κ1) is 10.8. The molecule has 0 saturated carbocycles. The van der Waals surface area contributed by atoms with E-state index in [4.69, 9.17) is 10.5 Å². The van der Waals surface area contributed by atoms with Crippen LogP contribution < -0.4 is 10.5 Å². The Hall–Kier alpha value is -1.28. The van der Waals surface area contributed by atoms with E-state index in [0.29, 0.717) is 0 Å². The van der Waals surface area contributed by atoms with E-state index in [1.54, 1.807) is 7.11 Å². The summed E-state index contributed by atoms with van der Waals surface area (Å²) in [7, 11) is 1.65. The zero-order valence-corrected chi connectivity index (χ0v) is 8.73. The predicted octanol–water partition coefficient (Wildman–Crippen LogP) is 2.52. The molecule has 0 saturated heterocycles. The summed E-state index contributed by atoms with van der Waals surface area (Å²) in [6, 6.07) is 7.83. The Bertz CT molecular complexity index is 292. The zero-order valence-electron chi connectivity index (χ0n) is 8.73. The molecule has 2 nitrogen and oxygen atoms in total. The third kappa shape index (κ3) is 2.36. The maximum atomic E-state index is 6.03. The second-order valence-electron chi connectivity index (χ2n) is 3.39. The highest BCUT2D eigenvalue weighted by Crippen LogP contribution is 2.22. The summed E-state index contributed by atoms with van der Waals surface area (Å²) in [6.45, 7) is 5.79. The molecule has 0 heterocycles. The van der Waals surface area contributed by atoms with E-state index in [-0.39, 0.29) is 12.0 Å². The molecule has 0 bridgehead atoms. The number of methoxy groups -OCH3 is 1. The Morgan fingerprint density at radius 1 is 1.36 bits per heavy atom. The van der Waals surface area contributed by atoms with Crippen LogP contribution in [0.5, 0.6) is 5.75 Å². The second-order valence-corrected chi connectivity index (χ2v) is 3.39. The van der Waals surface area contributed by atoms with Gasteiger partial charge in [0.15, 0.2) is 0 Å². The lowest BCUT2D eigenvalue weighted by molar-refractivity contribution is 0.414. The first-order valence-electron chi connectivity index (χ1n) is 4.71. The van der Waals surface area contributed by atoms with Crippen molar-refractivity contribution < 1.29 is 4.74 Å². The van der Waals surface area contributed by atoms with E-state index < -0.39 is 0 Å². The first-order chi connectivity index (χ1) is 6.69. The lowest BCUT2D eigenvalue weighted by Gasteiger charge is -2.16. The molecule has 0 radical (unpaired) electrons. The van der Waals surface area contributed by atoms with Gasteiger partial charge in [0.05, 0.1) is 7.11 Å². The molecular formula is C12H17NO. The van der Waals surface area contributed by atoms with Gasteiger partial charge in [-0.3, -0.25) is 0 Å². The topological polar surface area (TPSA) is 35.2 Å². The lowest BCUT2D eigenvalue weighted by atomic mass is 9.95. The molecule has 0 aliphatic rings. The molecule has 1 aromatic carbocycles. The summed E-state index contributed by atoms with van der Waals surface area (Å²) in [5.74, 6) is 1.13. The summed E-state index contributed by atoms with van der Waals surface area (Å²) >= 11 is 0. The fourth-order valence-corrected chi connectivity index (χ4v) is 1.28. The van der Waals surface area contributed by atoms with Gasteiger partial charge in [0.1, 0.15) is 5.75 Å². The monoisotopic (exact) mass is 191 g/mol. The normalized spacial score (nSPS) is 14.5. The van der Waals surface area contributed by atoms with Gasteiger partial charge in [-0.1, -0.05) is 25.1 Å². The van der Waals surface area contributed by atoms with Crippen molar-refractivity contribution in [2.24, 2.45) is 11.7 Å². The number of hydrogen-bond acceptors (Lipinski definition) is 2. The molecule has 2 heteroatoms. The Morgan fingerprint density at radius 3 is 2.36 bits per heavy atom. The average molecular weight is 191 g/mol. The van der Waals surface area contributed by atoms with Crippen molar-refractivity contribution in [3.63, 3.8) is 0 Å². The van der Waals surface area contributed by atoms with Gasteiger partial charge in [0.25, 0.3) is 0 Å².